The summed E-state index contributed by atoms with van der Waals surface area (Å²) in [4.78, 5) is 72.7. The number of ether oxygens (including phenoxy) is 2. The van der Waals surface area contributed by atoms with Crippen LogP contribution in [0.15, 0.2) is 91.1 Å². The molecule has 2 aromatic heterocycles. The van der Waals surface area contributed by atoms with E-state index in [9.17, 15) is 32.3 Å². The molecule has 83 heavy (non-hydrogen) atoms. The van der Waals surface area contributed by atoms with Crippen molar-refractivity contribution in [1.82, 2.24) is 29.5 Å². The van der Waals surface area contributed by atoms with Gasteiger partial charge in [0.05, 0.1) is 64.5 Å². The maximum absolute atomic E-state index is 14.2. The summed E-state index contributed by atoms with van der Waals surface area (Å²) in [6, 6.07) is 25.3. The lowest BCUT2D eigenvalue weighted by Gasteiger charge is -2.40. The van der Waals surface area contributed by atoms with Crippen molar-refractivity contribution in [3.8, 4) is 17.2 Å². The number of primary amides is 1. The first-order valence-electron chi connectivity index (χ1n) is 28.7. The summed E-state index contributed by atoms with van der Waals surface area (Å²) >= 11 is 0. The van der Waals surface area contributed by atoms with Crippen LogP contribution in [0.4, 0.5) is 59.1 Å². The number of carbonyl (C=O) groups excluding carboxylic acids is 4. The number of rotatable bonds is 15. The number of hydrogen-bond donors (Lipinski definition) is 3. The van der Waals surface area contributed by atoms with Crippen LogP contribution in [-0.2, 0) is 17.4 Å². The maximum atomic E-state index is 14.2. The van der Waals surface area contributed by atoms with Crippen molar-refractivity contribution in [3.05, 3.63) is 119 Å². The molecule has 3 saturated heterocycles. The molecular formula is C62H71F3N12O6. The summed E-state index contributed by atoms with van der Waals surface area (Å²) in [6.45, 7) is 12.8. The number of carbonyl (C=O) groups is 4. The second-order valence-electron chi connectivity index (χ2n) is 23.4. The summed E-state index contributed by atoms with van der Waals surface area (Å²) < 4.78 is 56.1. The molecule has 0 bridgehead atoms. The predicted octanol–water partition coefficient (Wildman–Crippen LogP) is 10.4. The number of alkyl halides is 3. The topological polar surface area (TPSA) is 197 Å². The van der Waals surface area contributed by atoms with Gasteiger partial charge in [0.2, 0.25) is 11.9 Å². The molecule has 21 heteroatoms. The van der Waals surface area contributed by atoms with Crippen molar-refractivity contribution in [1.29, 1.82) is 0 Å². The number of nitrogens with zero attached hydrogens (tertiary/aromatic N) is 9. The van der Waals surface area contributed by atoms with Gasteiger partial charge in [0.25, 0.3) is 11.8 Å². The molecular weight excluding hydrogens is 1070 g/mol. The largest absolute Gasteiger partial charge is 0.493 e. The third kappa shape index (κ3) is 12.0. The van der Waals surface area contributed by atoms with E-state index in [1.807, 2.05) is 81.2 Å². The van der Waals surface area contributed by atoms with Crippen LogP contribution in [0.1, 0.15) is 108 Å². The fourth-order valence-corrected chi connectivity index (χ4v) is 12.5. The number of benzene rings is 4. The normalized spacial score (nSPS) is 18.1. The zero-order valence-corrected chi connectivity index (χ0v) is 47.6. The Morgan fingerprint density at radius 1 is 0.771 bits per heavy atom. The monoisotopic (exact) mass is 1140 g/mol. The lowest BCUT2D eigenvalue weighted by Crippen LogP contribution is -2.47. The van der Waals surface area contributed by atoms with Crippen LogP contribution >= 0.6 is 0 Å². The zero-order valence-electron chi connectivity index (χ0n) is 47.6. The van der Waals surface area contributed by atoms with Gasteiger partial charge in [-0.25, -0.2) is 9.67 Å². The van der Waals surface area contributed by atoms with Gasteiger partial charge in [-0.15, -0.1) is 0 Å². The lowest BCUT2D eigenvalue weighted by molar-refractivity contribution is -0.141. The highest BCUT2D eigenvalue weighted by molar-refractivity contribution is 6.13. The van der Waals surface area contributed by atoms with Gasteiger partial charge in [0.15, 0.2) is 17.3 Å². The van der Waals surface area contributed by atoms with Crippen molar-refractivity contribution in [3.63, 3.8) is 0 Å². The molecule has 1 aliphatic carbocycles. The van der Waals surface area contributed by atoms with Crippen LogP contribution in [0, 0.1) is 23.2 Å². The van der Waals surface area contributed by atoms with Crippen LogP contribution in [0.5, 0.6) is 11.5 Å². The number of Topliss-reactive ketones (excluding diaryl/α,β-unsaturated/α-hetero) is 1. The quantitative estimate of drug-likeness (QED) is 0.0878. The van der Waals surface area contributed by atoms with Crippen molar-refractivity contribution in [2.24, 2.45) is 28.9 Å². The van der Waals surface area contributed by atoms with Gasteiger partial charge < -0.3 is 50.3 Å². The lowest BCUT2D eigenvalue weighted by atomic mass is 9.75. The van der Waals surface area contributed by atoms with Crippen LogP contribution < -0.4 is 40.5 Å². The number of ketones is 1. The van der Waals surface area contributed by atoms with E-state index in [-0.39, 0.29) is 53.2 Å². The average Bonchev–Trinajstić information content (AvgIpc) is 3.98. The molecule has 0 saturated carbocycles. The van der Waals surface area contributed by atoms with E-state index < -0.39 is 34.5 Å². The number of hydrogen-bond acceptors (Lipinski definition) is 14. The fourth-order valence-electron chi connectivity index (χ4n) is 12.5. The Morgan fingerprint density at radius 2 is 1.48 bits per heavy atom. The van der Waals surface area contributed by atoms with Crippen molar-refractivity contribution < 1.29 is 41.8 Å². The van der Waals surface area contributed by atoms with E-state index in [0.717, 1.165) is 106 Å². The summed E-state index contributed by atoms with van der Waals surface area (Å²) in [5.74, 6) is 2.11. The maximum Gasteiger partial charge on any atom is 0.435 e. The van der Waals surface area contributed by atoms with Crippen LogP contribution in [-0.4, -0.2) is 126 Å². The molecule has 436 valence electrons. The second kappa shape index (κ2) is 23.2. The van der Waals surface area contributed by atoms with Gasteiger partial charge in [-0.3, -0.25) is 19.2 Å². The Balaban J connectivity index is 0.617. The highest BCUT2D eigenvalue weighted by Gasteiger charge is 2.46. The molecule has 3 fully saturated rings. The summed E-state index contributed by atoms with van der Waals surface area (Å²) in [5.41, 5.74) is 8.70. The molecule has 18 nitrogen and oxygen atoms in total. The molecule has 3 amide bonds. The van der Waals surface area contributed by atoms with Crippen molar-refractivity contribution >= 4 is 69.4 Å². The highest BCUT2D eigenvalue weighted by Crippen LogP contribution is 2.44. The van der Waals surface area contributed by atoms with E-state index in [4.69, 9.17) is 20.2 Å². The minimum Gasteiger partial charge on any atom is -0.493 e. The fraction of sp³-hybridized carbons (Fsp3) is 0.435. The molecule has 6 aromatic rings. The third-order valence-corrected chi connectivity index (χ3v) is 17.0. The van der Waals surface area contributed by atoms with Gasteiger partial charge in [0.1, 0.15) is 17.2 Å². The summed E-state index contributed by atoms with van der Waals surface area (Å²) in [6.07, 6.45) is 2.64. The first-order valence-corrected chi connectivity index (χ1v) is 28.7. The number of piperidine rings is 3. The van der Waals surface area contributed by atoms with Crippen LogP contribution in [0.2, 0.25) is 0 Å². The zero-order chi connectivity index (χ0) is 58.3. The van der Waals surface area contributed by atoms with Gasteiger partial charge >= 0.3 is 6.18 Å². The molecule has 4 N–H and O–H groups in total. The molecule has 0 unspecified atom stereocenters. The number of aromatic nitrogens is 4. The van der Waals surface area contributed by atoms with Crippen LogP contribution in [0.3, 0.4) is 0 Å². The molecule has 0 atom stereocenters. The van der Waals surface area contributed by atoms with Gasteiger partial charge in [-0.05, 0) is 149 Å². The summed E-state index contributed by atoms with van der Waals surface area (Å²) in [7, 11) is 3.63. The van der Waals surface area contributed by atoms with Gasteiger partial charge in [-0.2, -0.15) is 23.3 Å². The van der Waals surface area contributed by atoms with Gasteiger partial charge in [-0.1, -0.05) is 26.0 Å². The standard InChI is InChI=1S/C62H71F3N12O6/c1-6-82-53-32-42(14-18-47(53)69-60-67-35-51-57(70-60)72(4)49-10-8-7-9-46(49)59(81)73(51)5)75-29-23-40(24-30-75)58(80)76-27-21-38(22-28-76)36-74-25-19-39(20-26-74)37-83-44-15-11-41(12-16-44)68-48-31-43(13-17-45(48)56(66)79)77-50-33-61(2,3)34-52(78)54(50)55(71-77)62(63,64)65/h7-18,31-32,35,38-40,68H,6,19-30,33-34,36-37H2,1-5H3,(H2,66,79)(H,67,69,70). The third-order valence-electron chi connectivity index (χ3n) is 17.0. The number of nitrogens with one attached hydrogen (secondary N) is 2. The number of amides is 3. The molecule has 11 rings (SSSR count). The Hall–Kier alpha value is -8.20. The molecule has 5 aliphatic rings. The van der Waals surface area contributed by atoms with Crippen LogP contribution in [0.25, 0.3) is 5.69 Å². The van der Waals surface area contributed by atoms with Crippen molar-refractivity contribution in [2.75, 3.05) is 98.5 Å². The Kier molecular flexibility index (Phi) is 15.8. The molecule has 0 spiro atoms. The number of fused-ring (bicyclic) bond motifs is 3. The number of nitrogens with two attached hydrogens (primary N) is 1. The highest BCUT2D eigenvalue weighted by atomic mass is 19.4. The number of likely N-dealkylation sites (tertiary alicyclic amines) is 2. The van der Waals surface area contributed by atoms with E-state index in [1.54, 1.807) is 30.3 Å². The average molecular weight is 1140 g/mol. The minimum absolute atomic E-state index is 0.00140. The summed E-state index contributed by atoms with van der Waals surface area (Å²) in [5, 5.41) is 10.5. The Bertz CT molecular complexity index is 3420. The molecule has 4 aromatic carbocycles. The SMILES string of the molecule is CCOc1cc(N2CCC(C(=O)N3CCC(CN4CCC(COc5ccc(Nc6cc(-n7nc(C(F)(F)F)c8c7CC(C)(C)CC8=O)ccc6C(N)=O)cc5)CC4)CC3)CC2)ccc1Nc1ncc2c(n1)N(C)c1ccccc1C(=O)N2C. The molecule has 0 radical (unpaired) electrons. The smallest absolute Gasteiger partial charge is 0.435 e. The second-order valence-corrected chi connectivity index (χ2v) is 23.4. The van der Waals surface area contributed by atoms with E-state index in [0.29, 0.717) is 65.3 Å². The minimum atomic E-state index is -4.83. The van der Waals surface area contributed by atoms with E-state index in [2.05, 4.69) is 41.5 Å². The predicted molar refractivity (Wildman–Crippen MR) is 312 cm³/mol. The molecule has 6 heterocycles. The number of anilines is 8. The Labute approximate surface area is 481 Å². The van der Waals surface area contributed by atoms with Gasteiger partial charge in [0, 0.05) is 76.6 Å². The molecule has 4 aliphatic heterocycles. The van der Waals surface area contributed by atoms with E-state index in [1.165, 1.54) is 18.2 Å². The first-order chi connectivity index (χ1) is 39.8. The Morgan fingerprint density at radius 3 is 2.19 bits per heavy atom. The number of halogens is 3. The first kappa shape index (κ1) is 56.7. The number of para-hydroxylation sites is 1. The van der Waals surface area contributed by atoms with E-state index >= 15 is 0 Å². The van der Waals surface area contributed by atoms with Crippen molar-refractivity contribution in [2.45, 2.75) is 78.3 Å².